The van der Waals surface area contributed by atoms with E-state index in [1.807, 2.05) is 6.92 Å². The predicted octanol–water partition coefficient (Wildman–Crippen LogP) is 2.06. The lowest BCUT2D eigenvalue weighted by Gasteiger charge is -2.20. The molecule has 2 rings (SSSR count). The summed E-state index contributed by atoms with van der Waals surface area (Å²) in [6.07, 6.45) is 1.06. The zero-order chi connectivity index (χ0) is 11.0. The first-order valence-electron chi connectivity index (χ1n) is 5.31. The van der Waals surface area contributed by atoms with Crippen molar-refractivity contribution in [3.63, 3.8) is 0 Å². The first kappa shape index (κ1) is 10.2. The first-order chi connectivity index (χ1) is 7.13. The van der Waals surface area contributed by atoms with Crippen LogP contribution in [0.5, 0.6) is 0 Å². The van der Waals surface area contributed by atoms with Crippen molar-refractivity contribution < 1.29 is 4.42 Å². The van der Waals surface area contributed by atoms with Crippen LogP contribution in [0.15, 0.2) is 15.3 Å². The monoisotopic (exact) mass is 208 g/mol. The Hall–Kier alpha value is -1.29. The highest BCUT2D eigenvalue weighted by molar-refractivity contribution is 5.50. The fourth-order valence-corrected chi connectivity index (χ4v) is 2.09. The lowest BCUT2D eigenvalue weighted by Crippen LogP contribution is -2.27. The van der Waals surface area contributed by atoms with Gasteiger partial charge < -0.3 is 4.42 Å². The molecule has 1 aromatic heterocycles. The first-order valence-corrected chi connectivity index (χ1v) is 5.31. The quantitative estimate of drug-likeness (QED) is 0.808. The van der Waals surface area contributed by atoms with Crippen LogP contribution in [-0.4, -0.2) is 11.6 Å². The standard InChI is InChI=1S/C11H16N2O2/c1-4-5-13-8(3)10-7(2)6-9(14)15-11(10)12-13/h6,8,12H,4-5H2,1-3H3. The molecule has 0 amide bonds. The van der Waals surface area contributed by atoms with E-state index in [-0.39, 0.29) is 11.7 Å². The molecule has 1 unspecified atom stereocenters. The molecule has 1 aliphatic rings. The molecule has 1 N–H and O–H groups in total. The van der Waals surface area contributed by atoms with Gasteiger partial charge in [0.05, 0.1) is 6.04 Å². The summed E-state index contributed by atoms with van der Waals surface area (Å²) in [6, 6.07) is 1.82. The lowest BCUT2D eigenvalue weighted by atomic mass is 10.1. The second kappa shape index (κ2) is 3.70. The number of anilines is 1. The Balaban J connectivity index is 2.40. The van der Waals surface area contributed by atoms with Crippen LogP contribution in [0.1, 0.15) is 37.4 Å². The number of hydrogen-bond donors (Lipinski definition) is 1. The van der Waals surface area contributed by atoms with E-state index in [1.165, 1.54) is 0 Å². The Morgan fingerprint density at radius 3 is 3.00 bits per heavy atom. The van der Waals surface area contributed by atoms with Crippen molar-refractivity contribution in [3.05, 3.63) is 27.6 Å². The zero-order valence-corrected chi connectivity index (χ0v) is 9.33. The molecule has 0 fully saturated rings. The largest absolute Gasteiger partial charge is 0.405 e. The minimum absolute atomic E-state index is 0.268. The van der Waals surface area contributed by atoms with E-state index in [0.717, 1.165) is 24.1 Å². The molecule has 4 heteroatoms. The Kier molecular flexibility index (Phi) is 2.52. The van der Waals surface area contributed by atoms with Gasteiger partial charge in [0.2, 0.25) is 5.88 Å². The molecule has 15 heavy (non-hydrogen) atoms. The summed E-state index contributed by atoms with van der Waals surface area (Å²) in [4.78, 5) is 11.2. The molecule has 1 aliphatic heterocycles. The van der Waals surface area contributed by atoms with Crippen LogP contribution in [-0.2, 0) is 0 Å². The van der Waals surface area contributed by atoms with Crippen LogP contribution in [0.3, 0.4) is 0 Å². The van der Waals surface area contributed by atoms with Crippen LogP contribution < -0.4 is 11.1 Å². The van der Waals surface area contributed by atoms with Crippen molar-refractivity contribution in [2.45, 2.75) is 33.2 Å². The summed E-state index contributed by atoms with van der Waals surface area (Å²) < 4.78 is 5.14. The van der Waals surface area contributed by atoms with E-state index in [9.17, 15) is 4.79 Å². The third kappa shape index (κ3) is 1.65. The zero-order valence-electron chi connectivity index (χ0n) is 9.33. The van der Waals surface area contributed by atoms with Gasteiger partial charge in [-0.3, -0.25) is 5.43 Å². The van der Waals surface area contributed by atoms with Crippen molar-refractivity contribution in [2.75, 3.05) is 12.0 Å². The van der Waals surface area contributed by atoms with E-state index in [1.54, 1.807) is 6.07 Å². The second-order valence-electron chi connectivity index (χ2n) is 3.97. The summed E-state index contributed by atoms with van der Waals surface area (Å²) in [5.74, 6) is 0.612. The smallest absolute Gasteiger partial charge is 0.337 e. The van der Waals surface area contributed by atoms with Crippen molar-refractivity contribution in [1.82, 2.24) is 5.01 Å². The Morgan fingerprint density at radius 2 is 2.33 bits per heavy atom. The van der Waals surface area contributed by atoms with Crippen molar-refractivity contribution in [3.8, 4) is 0 Å². The number of nitrogens with one attached hydrogen (secondary N) is 1. The van der Waals surface area contributed by atoms with Crippen LogP contribution in [0.2, 0.25) is 0 Å². The Bertz CT molecular complexity index is 425. The number of fused-ring (bicyclic) bond motifs is 1. The van der Waals surface area contributed by atoms with E-state index in [2.05, 4.69) is 24.3 Å². The van der Waals surface area contributed by atoms with Gasteiger partial charge in [0.15, 0.2) is 0 Å². The van der Waals surface area contributed by atoms with Gasteiger partial charge in [-0.15, -0.1) is 0 Å². The van der Waals surface area contributed by atoms with Crippen molar-refractivity contribution in [1.29, 1.82) is 0 Å². The van der Waals surface area contributed by atoms with Gasteiger partial charge in [-0.2, -0.15) is 0 Å². The molecule has 0 bridgehead atoms. The van der Waals surface area contributed by atoms with Crippen LogP contribution in [0.4, 0.5) is 5.88 Å². The molecule has 0 aliphatic carbocycles. The molecular formula is C11H16N2O2. The third-order valence-electron chi connectivity index (χ3n) is 2.80. The molecule has 0 saturated carbocycles. The molecule has 82 valence electrons. The molecule has 4 nitrogen and oxygen atoms in total. The van der Waals surface area contributed by atoms with Crippen LogP contribution >= 0.6 is 0 Å². The highest BCUT2D eigenvalue weighted by Gasteiger charge is 2.29. The van der Waals surface area contributed by atoms with Gasteiger partial charge in [0.25, 0.3) is 0 Å². The summed E-state index contributed by atoms with van der Waals surface area (Å²) in [6.45, 7) is 7.13. The van der Waals surface area contributed by atoms with E-state index < -0.39 is 0 Å². The van der Waals surface area contributed by atoms with Crippen molar-refractivity contribution in [2.24, 2.45) is 0 Å². The van der Waals surface area contributed by atoms with E-state index >= 15 is 0 Å². The average Bonchev–Trinajstić information content (AvgIpc) is 2.43. The molecule has 1 atom stereocenters. The maximum atomic E-state index is 11.2. The average molecular weight is 208 g/mol. The summed E-state index contributed by atoms with van der Waals surface area (Å²) in [5, 5.41) is 2.10. The van der Waals surface area contributed by atoms with E-state index in [4.69, 9.17) is 4.42 Å². The van der Waals surface area contributed by atoms with Gasteiger partial charge in [-0.1, -0.05) is 6.92 Å². The normalized spacial score (nSPS) is 20.1. The Morgan fingerprint density at radius 1 is 1.60 bits per heavy atom. The molecule has 2 heterocycles. The molecule has 0 saturated heterocycles. The summed E-state index contributed by atoms with van der Waals surface area (Å²) in [7, 11) is 0. The van der Waals surface area contributed by atoms with Crippen LogP contribution in [0, 0.1) is 6.92 Å². The maximum absolute atomic E-state index is 11.2. The number of rotatable bonds is 2. The number of hydrogen-bond acceptors (Lipinski definition) is 4. The minimum Gasteiger partial charge on any atom is -0.405 e. The Labute approximate surface area is 88.9 Å². The van der Waals surface area contributed by atoms with Gasteiger partial charge >= 0.3 is 5.63 Å². The van der Waals surface area contributed by atoms with Gasteiger partial charge in [-0.25, -0.2) is 9.80 Å². The lowest BCUT2D eigenvalue weighted by molar-refractivity contribution is 0.276. The molecule has 1 aromatic rings. The van der Waals surface area contributed by atoms with Gasteiger partial charge in [0.1, 0.15) is 0 Å². The maximum Gasteiger partial charge on any atom is 0.337 e. The molecule has 0 radical (unpaired) electrons. The van der Waals surface area contributed by atoms with Crippen LogP contribution in [0.25, 0.3) is 0 Å². The van der Waals surface area contributed by atoms with Gasteiger partial charge in [-0.05, 0) is 25.8 Å². The summed E-state index contributed by atoms with van der Waals surface area (Å²) in [5.41, 5.74) is 4.95. The van der Waals surface area contributed by atoms with E-state index in [0.29, 0.717) is 5.88 Å². The highest BCUT2D eigenvalue weighted by atomic mass is 16.4. The van der Waals surface area contributed by atoms with Crippen molar-refractivity contribution >= 4 is 5.88 Å². The minimum atomic E-state index is -0.288. The predicted molar refractivity (Wildman–Crippen MR) is 58.7 cm³/mol. The fraction of sp³-hybridized carbons (Fsp3) is 0.545. The SMILES string of the molecule is CCCN1Nc2oc(=O)cc(C)c2C1C. The second-order valence-corrected chi connectivity index (χ2v) is 3.97. The van der Waals surface area contributed by atoms with Gasteiger partial charge in [0, 0.05) is 18.2 Å². The number of aryl methyl sites for hydroxylation is 1. The number of hydrazine groups is 1. The topological polar surface area (TPSA) is 45.5 Å². The fourth-order valence-electron chi connectivity index (χ4n) is 2.09. The molecule has 0 spiro atoms. The summed E-state index contributed by atoms with van der Waals surface area (Å²) >= 11 is 0. The molecule has 0 aromatic carbocycles. The third-order valence-corrected chi connectivity index (χ3v) is 2.80. The highest BCUT2D eigenvalue weighted by Crippen LogP contribution is 2.35. The molecular weight excluding hydrogens is 192 g/mol. The number of nitrogens with zero attached hydrogens (tertiary/aromatic N) is 1.